The molecule has 1 aliphatic heterocycles. The summed E-state index contributed by atoms with van der Waals surface area (Å²) in [6.45, 7) is 1.96. The molecule has 1 fully saturated rings. The topological polar surface area (TPSA) is 69.5 Å². The molecule has 82 valence electrons. The van der Waals surface area contributed by atoms with E-state index in [1.54, 1.807) is 0 Å². The zero-order chi connectivity index (χ0) is 10.8. The van der Waals surface area contributed by atoms with Gasteiger partial charge in [0.05, 0.1) is 6.07 Å². The van der Waals surface area contributed by atoms with Gasteiger partial charge in [0.25, 0.3) is 0 Å². The molecule has 0 amide bonds. The van der Waals surface area contributed by atoms with Crippen LogP contribution in [0.25, 0.3) is 0 Å². The molecule has 0 bridgehead atoms. The molecule has 15 heavy (non-hydrogen) atoms. The Balaban J connectivity index is 2.20. The molecule has 1 atom stereocenters. The van der Waals surface area contributed by atoms with Gasteiger partial charge in [0.15, 0.2) is 0 Å². The second-order valence-corrected chi connectivity index (χ2v) is 4.04. The number of nitrogens with zero attached hydrogens (tertiary/aromatic N) is 3. The van der Waals surface area contributed by atoms with Crippen molar-refractivity contribution in [2.45, 2.75) is 18.8 Å². The maximum absolute atomic E-state index is 9.27. The molecule has 0 saturated carbocycles. The van der Waals surface area contributed by atoms with Gasteiger partial charge < -0.3 is 15.1 Å². The van der Waals surface area contributed by atoms with Crippen molar-refractivity contribution in [1.29, 1.82) is 0 Å². The van der Waals surface area contributed by atoms with Crippen LogP contribution in [0.15, 0.2) is 6.07 Å². The summed E-state index contributed by atoms with van der Waals surface area (Å²) in [6, 6.07) is 1.15. The van der Waals surface area contributed by atoms with Crippen molar-refractivity contribution < 1.29 is 10.2 Å². The maximum atomic E-state index is 9.27. The van der Waals surface area contributed by atoms with Crippen molar-refractivity contribution in [3.8, 4) is 11.8 Å². The molecular formula is C10H15N3O2. The Kier molecular flexibility index (Phi) is 2.73. The standard InChI is InChI=1S/C10H15N3O2/c1-13-4-2-3-7(6-13)10-11-8(14)5-9(15)12-10/h5,7H,2-4,6H2,1H3,(H2,11,12,14,15). The van der Waals surface area contributed by atoms with Crippen molar-refractivity contribution in [3.05, 3.63) is 11.9 Å². The first-order chi connectivity index (χ1) is 7.15. The van der Waals surface area contributed by atoms with E-state index in [4.69, 9.17) is 0 Å². The van der Waals surface area contributed by atoms with Crippen molar-refractivity contribution >= 4 is 0 Å². The zero-order valence-corrected chi connectivity index (χ0v) is 8.72. The van der Waals surface area contributed by atoms with Gasteiger partial charge in [0, 0.05) is 12.5 Å². The summed E-state index contributed by atoms with van der Waals surface area (Å²) < 4.78 is 0. The van der Waals surface area contributed by atoms with Crippen LogP contribution >= 0.6 is 0 Å². The molecule has 0 aromatic carbocycles. The number of piperidine rings is 1. The van der Waals surface area contributed by atoms with Gasteiger partial charge in [-0.2, -0.15) is 9.97 Å². The molecule has 0 aliphatic carbocycles. The second-order valence-electron chi connectivity index (χ2n) is 4.04. The van der Waals surface area contributed by atoms with Crippen LogP contribution in [0, 0.1) is 0 Å². The summed E-state index contributed by atoms with van der Waals surface area (Å²) in [5.74, 6) is 0.428. The fourth-order valence-electron chi connectivity index (χ4n) is 2.00. The highest BCUT2D eigenvalue weighted by Gasteiger charge is 2.22. The number of hydrogen-bond acceptors (Lipinski definition) is 5. The molecule has 1 aromatic heterocycles. The monoisotopic (exact) mass is 209 g/mol. The molecule has 2 heterocycles. The highest BCUT2D eigenvalue weighted by atomic mass is 16.3. The van der Waals surface area contributed by atoms with Crippen LogP contribution in [0.5, 0.6) is 11.8 Å². The summed E-state index contributed by atoms with van der Waals surface area (Å²) >= 11 is 0. The minimum absolute atomic E-state index is 0.161. The van der Waals surface area contributed by atoms with Crippen LogP contribution in [0.3, 0.4) is 0 Å². The Morgan fingerprint density at radius 3 is 2.60 bits per heavy atom. The maximum Gasteiger partial charge on any atom is 0.217 e. The molecular weight excluding hydrogens is 194 g/mol. The smallest absolute Gasteiger partial charge is 0.217 e. The third-order valence-corrected chi connectivity index (χ3v) is 2.71. The molecule has 1 aliphatic rings. The first kappa shape index (κ1) is 10.2. The molecule has 5 nitrogen and oxygen atoms in total. The first-order valence-corrected chi connectivity index (χ1v) is 5.10. The van der Waals surface area contributed by atoms with E-state index in [9.17, 15) is 10.2 Å². The summed E-state index contributed by atoms with van der Waals surface area (Å²) in [7, 11) is 2.05. The Hall–Kier alpha value is -1.36. The molecule has 2 rings (SSSR count). The van der Waals surface area contributed by atoms with E-state index < -0.39 is 0 Å². The summed E-state index contributed by atoms with van der Waals surface area (Å²) in [5, 5.41) is 18.5. The third-order valence-electron chi connectivity index (χ3n) is 2.71. The predicted octanol–water partition coefficient (Wildman–Crippen LogP) is 0.697. The van der Waals surface area contributed by atoms with Crippen LogP contribution in [-0.4, -0.2) is 45.2 Å². The van der Waals surface area contributed by atoms with Crippen LogP contribution in [0.1, 0.15) is 24.6 Å². The lowest BCUT2D eigenvalue weighted by Gasteiger charge is -2.28. The van der Waals surface area contributed by atoms with Crippen LogP contribution in [0.2, 0.25) is 0 Å². The zero-order valence-electron chi connectivity index (χ0n) is 8.72. The molecule has 0 spiro atoms. The Bertz CT molecular complexity index is 336. The summed E-state index contributed by atoms with van der Waals surface area (Å²) in [5.41, 5.74) is 0. The Labute approximate surface area is 88.4 Å². The molecule has 1 aromatic rings. The largest absolute Gasteiger partial charge is 0.493 e. The van der Waals surface area contributed by atoms with E-state index in [0.29, 0.717) is 5.82 Å². The highest BCUT2D eigenvalue weighted by Crippen LogP contribution is 2.26. The lowest BCUT2D eigenvalue weighted by molar-refractivity contribution is 0.243. The average molecular weight is 209 g/mol. The molecule has 0 radical (unpaired) electrons. The fourth-order valence-corrected chi connectivity index (χ4v) is 2.00. The first-order valence-electron chi connectivity index (χ1n) is 5.10. The van der Waals surface area contributed by atoms with Crippen LogP contribution in [-0.2, 0) is 0 Å². The summed E-state index contributed by atoms with van der Waals surface area (Å²) in [6.07, 6.45) is 2.11. The van der Waals surface area contributed by atoms with Gasteiger partial charge in [-0.1, -0.05) is 0 Å². The van der Waals surface area contributed by atoms with E-state index in [-0.39, 0.29) is 17.7 Å². The van der Waals surface area contributed by atoms with Crippen molar-refractivity contribution in [3.63, 3.8) is 0 Å². The van der Waals surface area contributed by atoms with Crippen LogP contribution < -0.4 is 0 Å². The number of hydrogen-bond donors (Lipinski definition) is 2. The number of likely N-dealkylation sites (N-methyl/N-ethyl adjacent to an activating group) is 1. The van der Waals surface area contributed by atoms with Crippen molar-refractivity contribution in [2.24, 2.45) is 0 Å². The normalized spacial score (nSPS) is 22.9. The molecule has 1 unspecified atom stereocenters. The van der Waals surface area contributed by atoms with E-state index in [1.165, 1.54) is 0 Å². The number of rotatable bonds is 1. The second kappa shape index (κ2) is 4.02. The quantitative estimate of drug-likeness (QED) is 0.712. The van der Waals surface area contributed by atoms with E-state index in [1.807, 2.05) is 0 Å². The average Bonchev–Trinajstić information content (AvgIpc) is 2.16. The Morgan fingerprint density at radius 2 is 2.00 bits per heavy atom. The summed E-state index contributed by atoms with van der Waals surface area (Å²) in [4.78, 5) is 10.1. The highest BCUT2D eigenvalue weighted by molar-refractivity contribution is 5.20. The van der Waals surface area contributed by atoms with Gasteiger partial charge in [0.2, 0.25) is 11.8 Å². The Morgan fingerprint density at radius 1 is 1.33 bits per heavy atom. The number of aromatic hydroxyl groups is 2. The molecule has 2 N–H and O–H groups in total. The van der Waals surface area contributed by atoms with Gasteiger partial charge in [-0.25, -0.2) is 0 Å². The van der Waals surface area contributed by atoms with E-state index in [0.717, 1.165) is 32.0 Å². The van der Waals surface area contributed by atoms with Gasteiger partial charge in [-0.15, -0.1) is 0 Å². The van der Waals surface area contributed by atoms with E-state index in [2.05, 4.69) is 21.9 Å². The van der Waals surface area contributed by atoms with Gasteiger partial charge >= 0.3 is 0 Å². The third kappa shape index (κ3) is 2.36. The lowest BCUT2D eigenvalue weighted by atomic mass is 9.98. The SMILES string of the molecule is CN1CCCC(c2nc(O)cc(O)n2)C1. The predicted molar refractivity (Wildman–Crippen MR) is 54.8 cm³/mol. The molecule has 1 saturated heterocycles. The van der Waals surface area contributed by atoms with E-state index >= 15 is 0 Å². The molecule has 5 heteroatoms. The van der Waals surface area contributed by atoms with Gasteiger partial charge in [0.1, 0.15) is 5.82 Å². The fraction of sp³-hybridized carbons (Fsp3) is 0.600. The van der Waals surface area contributed by atoms with Crippen molar-refractivity contribution in [2.75, 3.05) is 20.1 Å². The minimum Gasteiger partial charge on any atom is -0.493 e. The lowest BCUT2D eigenvalue weighted by Crippen LogP contribution is -2.31. The minimum atomic E-state index is -0.161. The number of aromatic nitrogens is 2. The number of likely N-dealkylation sites (tertiary alicyclic amines) is 1. The van der Waals surface area contributed by atoms with Crippen molar-refractivity contribution in [1.82, 2.24) is 14.9 Å². The van der Waals surface area contributed by atoms with Gasteiger partial charge in [-0.3, -0.25) is 0 Å². The van der Waals surface area contributed by atoms with Crippen LogP contribution in [0.4, 0.5) is 0 Å². The van der Waals surface area contributed by atoms with Gasteiger partial charge in [-0.05, 0) is 26.4 Å².